The Bertz CT molecular complexity index is 1480. The first-order chi connectivity index (χ1) is 17.2. The van der Waals surface area contributed by atoms with E-state index in [1.807, 2.05) is 30.3 Å². The van der Waals surface area contributed by atoms with Crippen LogP contribution in [0.1, 0.15) is 55.8 Å². The van der Waals surface area contributed by atoms with E-state index >= 15 is 0 Å². The molecular formula is C26H25N3O7. The first-order valence-corrected chi connectivity index (χ1v) is 11.7. The van der Waals surface area contributed by atoms with Crippen LogP contribution in [0.3, 0.4) is 0 Å². The molecule has 36 heavy (non-hydrogen) atoms. The standard InChI is InChI=1S/C26H25N3O7/c1-3-26(34)18-11-21-23-16(10-15-6-4-5-7-19(15)28-23)20(8-9-22(31)36-13-27-14(2)30)29(21)24(32)17(18)12-35-25(26)33/h4-7,10-11,20,34H,3,8-9,12-13H2,1-2H3,(H,27,30)/t20?,26-/m0/s1. The highest BCUT2D eigenvalue weighted by Crippen LogP contribution is 2.44. The quantitative estimate of drug-likeness (QED) is 0.395. The second-order valence-corrected chi connectivity index (χ2v) is 8.95. The molecule has 3 aromatic rings. The Morgan fingerprint density at radius 3 is 2.81 bits per heavy atom. The van der Waals surface area contributed by atoms with Gasteiger partial charge in [-0.2, -0.15) is 0 Å². The Morgan fingerprint density at radius 2 is 2.06 bits per heavy atom. The van der Waals surface area contributed by atoms with Crippen molar-refractivity contribution in [3.05, 3.63) is 63.4 Å². The number of pyridine rings is 2. The molecule has 1 amide bonds. The van der Waals surface area contributed by atoms with Crippen LogP contribution in [0, 0.1) is 0 Å². The lowest BCUT2D eigenvalue weighted by Gasteiger charge is -2.32. The highest BCUT2D eigenvalue weighted by Gasteiger charge is 2.46. The molecule has 4 heterocycles. The number of benzene rings is 1. The van der Waals surface area contributed by atoms with E-state index in [1.54, 1.807) is 17.6 Å². The number of carbonyl (C=O) groups excluding carboxylic acids is 3. The van der Waals surface area contributed by atoms with Gasteiger partial charge in [0.2, 0.25) is 5.91 Å². The van der Waals surface area contributed by atoms with E-state index in [0.29, 0.717) is 11.4 Å². The van der Waals surface area contributed by atoms with Gasteiger partial charge < -0.3 is 19.9 Å². The molecule has 1 aromatic carbocycles. The number of carbonyl (C=O) groups is 3. The van der Waals surface area contributed by atoms with Crippen molar-refractivity contribution >= 4 is 28.7 Å². The van der Waals surface area contributed by atoms with Crippen molar-refractivity contribution in [1.29, 1.82) is 0 Å². The number of ether oxygens (including phenoxy) is 2. The molecule has 5 rings (SSSR count). The molecule has 0 saturated carbocycles. The summed E-state index contributed by atoms with van der Waals surface area (Å²) in [6.07, 6.45) is 0.284. The number of cyclic esters (lactones) is 1. The fourth-order valence-corrected chi connectivity index (χ4v) is 4.93. The summed E-state index contributed by atoms with van der Waals surface area (Å²) < 4.78 is 11.8. The third-order valence-electron chi connectivity index (χ3n) is 6.83. The summed E-state index contributed by atoms with van der Waals surface area (Å²) in [4.78, 5) is 54.3. The van der Waals surface area contributed by atoms with Gasteiger partial charge in [-0.3, -0.25) is 19.0 Å². The molecule has 0 saturated heterocycles. The molecule has 0 spiro atoms. The largest absolute Gasteiger partial charge is 0.458 e. The SMILES string of the molecule is CC[C@@]1(O)C(=O)OCc2c1cc1n(c2=O)C(CCC(=O)OCNC(C)=O)c2cc3ccccc3nc2-1. The second-order valence-electron chi connectivity index (χ2n) is 8.95. The molecule has 0 aliphatic carbocycles. The average Bonchev–Trinajstić information content (AvgIpc) is 3.16. The van der Waals surface area contributed by atoms with Crippen LogP contribution >= 0.6 is 0 Å². The predicted molar refractivity (Wildman–Crippen MR) is 128 cm³/mol. The molecule has 2 aromatic heterocycles. The van der Waals surface area contributed by atoms with E-state index in [2.05, 4.69) is 5.32 Å². The maximum absolute atomic E-state index is 13.7. The summed E-state index contributed by atoms with van der Waals surface area (Å²) in [5, 5.41) is 14.4. The van der Waals surface area contributed by atoms with E-state index in [0.717, 1.165) is 16.5 Å². The normalized spacial score (nSPS) is 19.8. The molecule has 0 radical (unpaired) electrons. The zero-order valence-electron chi connectivity index (χ0n) is 19.9. The van der Waals surface area contributed by atoms with E-state index in [9.17, 15) is 24.3 Å². The molecular weight excluding hydrogens is 466 g/mol. The molecule has 2 aliphatic rings. The Kier molecular flexibility index (Phi) is 5.83. The van der Waals surface area contributed by atoms with Crippen LogP contribution in [0.25, 0.3) is 22.3 Å². The van der Waals surface area contributed by atoms with Crippen LogP contribution in [-0.4, -0.2) is 39.2 Å². The Labute approximate surface area is 205 Å². The molecule has 0 fully saturated rings. The number of amides is 1. The van der Waals surface area contributed by atoms with Crippen molar-refractivity contribution < 1.29 is 29.0 Å². The van der Waals surface area contributed by atoms with Gasteiger partial charge in [0.1, 0.15) is 6.61 Å². The number of nitrogens with zero attached hydrogens (tertiary/aromatic N) is 2. The van der Waals surface area contributed by atoms with Crippen molar-refractivity contribution in [2.24, 2.45) is 0 Å². The fraction of sp³-hybridized carbons (Fsp3) is 0.346. The minimum atomic E-state index is -1.93. The predicted octanol–water partition coefficient (Wildman–Crippen LogP) is 2.04. The summed E-state index contributed by atoms with van der Waals surface area (Å²) in [5.74, 6) is -1.62. The van der Waals surface area contributed by atoms with Crippen LogP contribution in [0.5, 0.6) is 0 Å². The topological polar surface area (TPSA) is 137 Å². The van der Waals surface area contributed by atoms with Crippen LogP contribution in [0.4, 0.5) is 0 Å². The van der Waals surface area contributed by atoms with E-state index in [-0.39, 0.29) is 49.6 Å². The smallest absolute Gasteiger partial charge is 0.343 e. The summed E-state index contributed by atoms with van der Waals surface area (Å²) in [7, 11) is 0. The lowest BCUT2D eigenvalue weighted by molar-refractivity contribution is -0.172. The number of nitrogens with one attached hydrogen (secondary N) is 1. The van der Waals surface area contributed by atoms with Gasteiger partial charge in [-0.15, -0.1) is 0 Å². The number of hydrogen-bond acceptors (Lipinski definition) is 8. The highest BCUT2D eigenvalue weighted by atomic mass is 16.6. The Hall–Kier alpha value is -4.05. The van der Waals surface area contributed by atoms with Crippen molar-refractivity contribution in [3.8, 4) is 11.4 Å². The summed E-state index contributed by atoms with van der Waals surface area (Å²) in [6, 6.07) is 10.6. The lowest BCUT2D eigenvalue weighted by Crippen LogP contribution is -2.44. The van der Waals surface area contributed by atoms with Crippen molar-refractivity contribution in [3.63, 3.8) is 0 Å². The first kappa shape index (κ1) is 23.7. The number of para-hydroxylation sites is 1. The molecule has 0 bridgehead atoms. The maximum atomic E-state index is 13.7. The number of esters is 2. The number of aromatic nitrogens is 2. The molecule has 2 aliphatic heterocycles. The van der Waals surface area contributed by atoms with E-state index in [4.69, 9.17) is 14.5 Å². The zero-order valence-corrected chi connectivity index (χ0v) is 19.9. The van der Waals surface area contributed by atoms with Gasteiger partial charge >= 0.3 is 11.9 Å². The third-order valence-corrected chi connectivity index (χ3v) is 6.83. The molecule has 1 unspecified atom stereocenters. The molecule has 10 nitrogen and oxygen atoms in total. The van der Waals surface area contributed by atoms with Crippen LogP contribution in [-0.2, 0) is 36.1 Å². The fourth-order valence-electron chi connectivity index (χ4n) is 4.93. The van der Waals surface area contributed by atoms with Crippen LogP contribution in [0.2, 0.25) is 0 Å². The Balaban J connectivity index is 1.61. The highest BCUT2D eigenvalue weighted by molar-refractivity contribution is 5.86. The summed E-state index contributed by atoms with van der Waals surface area (Å²) in [6.45, 7) is 2.50. The summed E-state index contributed by atoms with van der Waals surface area (Å²) in [5.41, 5.74) is 0.627. The van der Waals surface area contributed by atoms with Gasteiger partial charge in [0, 0.05) is 29.9 Å². The van der Waals surface area contributed by atoms with Gasteiger partial charge in [0.15, 0.2) is 12.3 Å². The minimum absolute atomic E-state index is 0.00658. The van der Waals surface area contributed by atoms with Crippen LogP contribution < -0.4 is 10.9 Å². The number of aliphatic hydroxyl groups is 1. The number of hydrogen-bond donors (Lipinski definition) is 2. The molecule has 10 heteroatoms. The lowest BCUT2D eigenvalue weighted by atomic mass is 9.86. The monoisotopic (exact) mass is 491 g/mol. The molecule has 2 atom stereocenters. The van der Waals surface area contributed by atoms with Gasteiger partial charge in [0.25, 0.3) is 5.56 Å². The van der Waals surface area contributed by atoms with E-state index < -0.39 is 29.1 Å². The number of rotatable bonds is 6. The van der Waals surface area contributed by atoms with Crippen molar-refractivity contribution in [2.75, 3.05) is 6.73 Å². The number of fused-ring (bicyclic) bond motifs is 5. The third kappa shape index (κ3) is 3.74. The molecule has 2 N–H and O–H groups in total. The minimum Gasteiger partial charge on any atom is -0.458 e. The van der Waals surface area contributed by atoms with Crippen LogP contribution in [0.15, 0.2) is 41.2 Å². The second kappa shape index (κ2) is 8.87. The maximum Gasteiger partial charge on any atom is 0.343 e. The Morgan fingerprint density at radius 1 is 1.28 bits per heavy atom. The molecule has 186 valence electrons. The summed E-state index contributed by atoms with van der Waals surface area (Å²) >= 11 is 0. The zero-order chi connectivity index (χ0) is 25.6. The van der Waals surface area contributed by atoms with Gasteiger partial charge in [-0.25, -0.2) is 9.78 Å². The first-order valence-electron chi connectivity index (χ1n) is 11.7. The van der Waals surface area contributed by atoms with Gasteiger partial charge in [-0.05, 0) is 31.0 Å². The van der Waals surface area contributed by atoms with Gasteiger partial charge in [-0.1, -0.05) is 25.1 Å². The van der Waals surface area contributed by atoms with Crippen molar-refractivity contribution in [2.45, 2.75) is 51.4 Å². The van der Waals surface area contributed by atoms with E-state index in [1.165, 1.54) is 6.92 Å². The van der Waals surface area contributed by atoms with Gasteiger partial charge in [0.05, 0.1) is 28.5 Å². The van der Waals surface area contributed by atoms with Crippen molar-refractivity contribution in [1.82, 2.24) is 14.9 Å². The average molecular weight is 492 g/mol.